The number of carbonyl (C=O) groups excluding carboxylic acids is 1. The first-order valence-corrected chi connectivity index (χ1v) is 10.4. The highest BCUT2D eigenvalue weighted by Gasteiger charge is 2.30. The molecule has 1 amide bonds. The summed E-state index contributed by atoms with van der Waals surface area (Å²) in [5, 5.41) is 4.27. The highest BCUT2D eigenvalue weighted by molar-refractivity contribution is 7.85. The zero-order valence-corrected chi connectivity index (χ0v) is 16.9. The van der Waals surface area contributed by atoms with Crippen LogP contribution in [0.4, 0.5) is 18.9 Å². The van der Waals surface area contributed by atoms with Crippen LogP contribution in [0.5, 0.6) is 0 Å². The Morgan fingerprint density at radius 3 is 2.71 bits per heavy atom. The van der Waals surface area contributed by atoms with Gasteiger partial charge in [-0.1, -0.05) is 18.5 Å². The van der Waals surface area contributed by atoms with E-state index in [-0.39, 0.29) is 23.4 Å². The maximum Gasteiger partial charge on any atom is 0.390 e. The fourth-order valence-electron chi connectivity index (χ4n) is 2.52. The van der Waals surface area contributed by atoms with E-state index >= 15 is 0 Å². The predicted molar refractivity (Wildman–Crippen MR) is 102 cm³/mol. The van der Waals surface area contributed by atoms with E-state index in [1.54, 1.807) is 37.6 Å². The maximum absolute atomic E-state index is 12.8. The van der Waals surface area contributed by atoms with E-state index in [1.807, 2.05) is 0 Å². The Morgan fingerprint density at radius 1 is 1.43 bits per heavy atom. The van der Waals surface area contributed by atoms with E-state index in [9.17, 15) is 22.2 Å². The predicted octanol–water partition coefficient (Wildman–Crippen LogP) is 3.61. The highest BCUT2D eigenvalue weighted by atomic mass is 35.5. The molecule has 2 aromatic heterocycles. The van der Waals surface area contributed by atoms with Gasteiger partial charge in [0.15, 0.2) is 5.15 Å². The molecule has 2 rings (SSSR count). The summed E-state index contributed by atoms with van der Waals surface area (Å²) >= 11 is 6.19. The third kappa shape index (κ3) is 6.03. The Kier molecular flexibility index (Phi) is 7.59. The summed E-state index contributed by atoms with van der Waals surface area (Å²) in [7, 11) is -1.75. The minimum atomic E-state index is -4.37. The van der Waals surface area contributed by atoms with Crippen molar-refractivity contribution in [2.45, 2.75) is 26.4 Å². The molecule has 0 aromatic carbocycles. The molecule has 0 radical (unpaired) electrons. The molecule has 0 aliphatic heterocycles. The fourth-order valence-corrected chi connectivity index (χ4v) is 4.08. The van der Waals surface area contributed by atoms with Crippen LogP contribution in [0.3, 0.4) is 0 Å². The summed E-state index contributed by atoms with van der Waals surface area (Å²) < 4.78 is 50.2. The topological polar surface area (TPSA) is 68.1 Å². The Hall–Kier alpha value is -1.94. The third-order valence-electron chi connectivity index (χ3n) is 3.91. The lowest BCUT2D eigenvalue weighted by Crippen LogP contribution is -2.37. The number of anilines is 1. The molecule has 28 heavy (non-hydrogen) atoms. The van der Waals surface area contributed by atoms with Gasteiger partial charge in [-0.2, -0.15) is 18.3 Å². The molecule has 0 fully saturated rings. The monoisotopic (exact) mass is 436 g/mol. The number of nitrogens with zero attached hydrogens (tertiary/aromatic N) is 4. The number of carbonyl (C=O) groups is 1. The van der Waals surface area contributed by atoms with Gasteiger partial charge in [-0.25, -0.2) is 4.68 Å². The SMILES string of the molecule is CCN(C(=O)C(C)CS(=O)CCC(F)(F)F)c1cn(-c2cccnc2)nc1Cl. The van der Waals surface area contributed by atoms with Crippen LogP contribution in [-0.2, 0) is 15.6 Å². The normalized spacial score (nSPS) is 13.9. The van der Waals surface area contributed by atoms with E-state index in [1.165, 1.54) is 16.5 Å². The second-order valence-electron chi connectivity index (χ2n) is 6.12. The quantitative estimate of drug-likeness (QED) is 0.634. The van der Waals surface area contributed by atoms with Crippen molar-refractivity contribution in [3.05, 3.63) is 35.9 Å². The number of rotatable bonds is 8. The number of alkyl halides is 3. The van der Waals surface area contributed by atoms with Gasteiger partial charge in [-0.05, 0) is 19.1 Å². The van der Waals surface area contributed by atoms with E-state index in [0.717, 1.165) is 0 Å². The van der Waals surface area contributed by atoms with Crippen molar-refractivity contribution in [1.82, 2.24) is 14.8 Å². The van der Waals surface area contributed by atoms with Crippen molar-refractivity contribution in [1.29, 1.82) is 0 Å². The second kappa shape index (κ2) is 9.51. The van der Waals surface area contributed by atoms with Crippen molar-refractivity contribution >= 4 is 34.0 Å². The van der Waals surface area contributed by atoms with Crippen molar-refractivity contribution in [3.63, 3.8) is 0 Å². The molecule has 154 valence electrons. The second-order valence-corrected chi connectivity index (χ2v) is 8.10. The standard InChI is InChI=1S/C17H20ClF3N4O2S/c1-3-24(16(26)12(2)11-28(27)8-6-17(19,20)21)14-10-25(23-15(14)18)13-5-4-7-22-9-13/h4-5,7,9-10,12H,3,6,8,11H2,1-2H3. The average Bonchev–Trinajstić information content (AvgIpc) is 3.02. The number of aromatic nitrogens is 3. The molecule has 2 atom stereocenters. The first kappa shape index (κ1) is 22.4. The van der Waals surface area contributed by atoms with Crippen molar-refractivity contribution in [2.24, 2.45) is 5.92 Å². The molecular formula is C17H20ClF3N4O2S. The van der Waals surface area contributed by atoms with E-state index in [2.05, 4.69) is 10.1 Å². The lowest BCUT2D eigenvalue weighted by molar-refractivity contribution is -0.129. The summed E-state index contributed by atoms with van der Waals surface area (Å²) in [6.07, 6.45) is -0.738. The summed E-state index contributed by atoms with van der Waals surface area (Å²) in [5.41, 5.74) is 1.02. The van der Waals surface area contributed by atoms with Crippen LogP contribution in [0, 0.1) is 5.92 Å². The van der Waals surface area contributed by atoms with Crippen molar-refractivity contribution in [2.75, 3.05) is 23.0 Å². The summed E-state index contributed by atoms with van der Waals surface area (Å²) in [6.45, 7) is 3.55. The fraction of sp³-hybridized carbons (Fsp3) is 0.471. The zero-order valence-electron chi connectivity index (χ0n) is 15.3. The van der Waals surface area contributed by atoms with Gasteiger partial charge < -0.3 is 4.90 Å². The Morgan fingerprint density at radius 2 is 2.14 bits per heavy atom. The van der Waals surface area contributed by atoms with Gasteiger partial charge >= 0.3 is 6.18 Å². The maximum atomic E-state index is 12.8. The molecular weight excluding hydrogens is 417 g/mol. The molecule has 0 bridgehead atoms. The summed E-state index contributed by atoms with van der Waals surface area (Å²) in [6, 6.07) is 3.50. The van der Waals surface area contributed by atoms with Crippen LogP contribution in [0.2, 0.25) is 5.15 Å². The minimum absolute atomic E-state index is 0.101. The Bertz CT molecular complexity index is 830. The van der Waals surface area contributed by atoms with E-state index < -0.39 is 35.1 Å². The van der Waals surface area contributed by atoms with Crippen molar-refractivity contribution < 1.29 is 22.2 Å². The average molecular weight is 437 g/mol. The van der Waals surface area contributed by atoms with Crippen LogP contribution in [0.25, 0.3) is 5.69 Å². The zero-order chi connectivity index (χ0) is 20.9. The van der Waals surface area contributed by atoms with Crippen LogP contribution in [0.1, 0.15) is 20.3 Å². The van der Waals surface area contributed by atoms with Gasteiger partial charge in [0.1, 0.15) is 5.69 Å². The van der Waals surface area contributed by atoms with Gasteiger partial charge in [0.2, 0.25) is 5.91 Å². The number of hydrogen-bond acceptors (Lipinski definition) is 4. The van der Waals surface area contributed by atoms with Crippen LogP contribution in [0.15, 0.2) is 30.7 Å². The van der Waals surface area contributed by atoms with E-state index in [0.29, 0.717) is 11.4 Å². The van der Waals surface area contributed by atoms with Crippen molar-refractivity contribution in [3.8, 4) is 5.69 Å². The molecule has 0 saturated carbocycles. The third-order valence-corrected chi connectivity index (χ3v) is 5.71. The summed E-state index contributed by atoms with van der Waals surface area (Å²) in [4.78, 5) is 18.2. The van der Waals surface area contributed by atoms with Gasteiger partial charge in [0, 0.05) is 41.0 Å². The Balaban J connectivity index is 2.11. The molecule has 2 aromatic rings. The number of halogens is 4. The lowest BCUT2D eigenvalue weighted by atomic mass is 10.2. The molecule has 11 heteroatoms. The largest absolute Gasteiger partial charge is 0.390 e. The molecule has 0 aliphatic carbocycles. The molecule has 0 saturated heterocycles. The Labute approximate surface area is 168 Å². The minimum Gasteiger partial charge on any atom is -0.308 e. The number of amides is 1. The molecule has 2 unspecified atom stereocenters. The van der Waals surface area contributed by atoms with Gasteiger partial charge in [0.05, 0.1) is 24.5 Å². The van der Waals surface area contributed by atoms with Crippen LogP contribution < -0.4 is 4.90 Å². The summed E-state index contributed by atoms with van der Waals surface area (Å²) in [5.74, 6) is -1.78. The number of hydrogen-bond donors (Lipinski definition) is 0. The van der Waals surface area contributed by atoms with Crippen LogP contribution >= 0.6 is 11.6 Å². The van der Waals surface area contributed by atoms with E-state index in [4.69, 9.17) is 11.6 Å². The molecule has 0 N–H and O–H groups in total. The first-order valence-electron chi connectivity index (χ1n) is 8.51. The highest BCUT2D eigenvalue weighted by Crippen LogP contribution is 2.27. The van der Waals surface area contributed by atoms with Crippen LogP contribution in [-0.4, -0.2) is 49.1 Å². The van der Waals surface area contributed by atoms with Gasteiger partial charge in [-0.3, -0.25) is 14.0 Å². The molecule has 2 heterocycles. The van der Waals surface area contributed by atoms with Gasteiger partial charge in [0.25, 0.3) is 0 Å². The smallest absolute Gasteiger partial charge is 0.308 e. The first-order chi connectivity index (χ1) is 13.1. The van der Waals surface area contributed by atoms with Gasteiger partial charge in [-0.15, -0.1) is 0 Å². The molecule has 6 nitrogen and oxygen atoms in total. The molecule has 0 spiro atoms. The number of pyridine rings is 1. The lowest BCUT2D eigenvalue weighted by Gasteiger charge is -2.23. The molecule has 0 aliphatic rings.